The first kappa shape index (κ1) is 18.5. The summed E-state index contributed by atoms with van der Waals surface area (Å²) < 4.78 is 11.6. The number of ether oxygens (including phenoxy) is 2. The smallest absolute Gasteiger partial charge is 0.183 e. The van der Waals surface area contributed by atoms with Crippen molar-refractivity contribution in [1.82, 2.24) is 9.97 Å². The summed E-state index contributed by atoms with van der Waals surface area (Å²) in [5.41, 5.74) is 0.957. The molecule has 0 aliphatic carbocycles. The minimum atomic E-state index is -0.196. The SMILES string of the molecule is CC.CCc1nc(C(C)C)c2c(n1)N1CCOCC(C#N)C1CO2. The average Bonchev–Trinajstić information content (AvgIpc) is 2.84. The van der Waals surface area contributed by atoms with E-state index in [-0.39, 0.29) is 17.9 Å². The third kappa shape index (κ3) is 3.46. The van der Waals surface area contributed by atoms with E-state index in [1.807, 2.05) is 13.8 Å². The summed E-state index contributed by atoms with van der Waals surface area (Å²) in [5.74, 6) is 2.51. The van der Waals surface area contributed by atoms with E-state index in [0.717, 1.165) is 36.1 Å². The van der Waals surface area contributed by atoms with Crippen molar-refractivity contribution in [2.75, 3.05) is 31.3 Å². The van der Waals surface area contributed by atoms with Crippen molar-refractivity contribution in [3.63, 3.8) is 0 Å². The Labute approximate surface area is 144 Å². The van der Waals surface area contributed by atoms with E-state index >= 15 is 0 Å². The lowest BCUT2D eigenvalue weighted by Crippen LogP contribution is -2.48. The van der Waals surface area contributed by atoms with Gasteiger partial charge >= 0.3 is 0 Å². The van der Waals surface area contributed by atoms with E-state index in [9.17, 15) is 5.26 Å². The summed E-state index contributed by atoms with van der Waals surface area (Å²) in [6, 6.07) is 2.35. The Hall–Kier alpha value is -1.87. The molecule has 2 aliphatic rings. The Morgan fingerprint density at radius 2 is 2.04 bits per heavy atom. The molecule has 0 amide bonds. The molecule has 0 N–H and O–H groups in total. The van der Waals surface area contributed by atoms with Crippen LogP contribution in [0.1, 0.15) is 52.1 Å². The number of fused-ring (bicyclic) bond motifs is 3. The molecule has 6 heteroatoms. The number of aromatic nitrogens is 2. The second-order valence-corrected chi connectivity index (χ2v) is 6.07. The van der Waals surface area contributed by atoms with Crippen molar-refractivity contribution in [2.45, 2.75) is 53.0 Å². The summed E-state index contributed by atoms with van der Waals surface area (Å²) in [6.07, 6.45) is 0.781. The lowest BCUT2D eigenvalue weighted by molar-refractivity contribution is 0.127. The fraction of sp³-hybridized carbons (Fsp3) is 0.722. The first-order chi connectivity index (χ1) is 11.7. The van der Waals surface area contributed by atoms with E-state index in [1.165, 1.54) is 0 Å². The Morgan fingerprint density at radius 1 is 1.29 bits per heavy atom. The molecule has 24 heavy (non-hydrogen) atoms. The van der Waals surface area contributed by atoms with Crippen LogP contribution >= 0.6 is 0 Å². The van der Waals surface area contributed by atoms with Crippen LogP contribution in [0.5, 0.6) is 5.75 Å². The highest BCUT2D eigenvalue weighted by atomic mass is 16.5. The Balaban J connectivity index is 0.00000100. The van der Waals surface area contributed by atoms with Gasteiger partial charge < -0.3 is 14.4 Å². The molecule has 2 atom stereocenters. The summed E-state index contributed by atoms with van der Waals surface area (Å²) in [7, 11) is 0. The van der Waals surface area contributed by atoms with Gasteiger partial charge in [0.1, 0.15) is 12.4 Å². The quantitative estimate of drug-likeness (QED) is 0.829. The molecule has 132 valence electrons. The maximum Gasteiger partial charge on any atom is 0.183 e. The van der Waals surface area contributed by atoms with E-state index < -0.39 is 0 Å². The number of hydrogen-bond donors (Lipinski definition) is 0. The van der Waals surface area contributed by atoms with Crippen LogP contribution in [0, 0.1) is 17.2 Å². The summed E-state index contributed by atoms with van der Waals surface area (Å²) in [5, 5.41) is 9.40. The minimum Gasteiger partial charge on any atom is -0.486 e. The van der Waals surface area contributed by atoms with E-state index in [1.54, 1.807) is 0 Å². The second kappa shape index (κ2) is 8.29. The monoisotopic (exact) mass is 332 g/mol. The predicted molar refractivity (Wildman–Crippen MR) is 93.4 cm³/mol. The van der Waals surface area contributed by atoms with Crippen LogP contribution in [0.3, 0.4) is 0 Å². The van der Waals surface area contributed by atoms with E-state index in [0.29, 0.717) is 19.8 Å². The molecule has 2 aliphatic heterocycles. The van der Waals surface area contributed by atoms with Gasteiger partial charge in [0.15, 0.2) is 11.6 Å². The Morgan fingerprint density at radius 3 is 2.67 bits per heavy atom. The van der Waals surface area contributed by atoms with Crippen LogP contribution in [-0.4, -0.2) is 42.4 Å². The van der Waals surface area contributed by atoms with Gasteiger partial charge in [0.2, 0.25) is 0 Å². The van der Waals surface area contributed by atoms with Gasteiger partial charge in [0.25, 0.3) is 0 Å². The summed E-state index contributed by atoms with van der Waals surface area (Å²) in [6.45, 7) is 12.6. The van der Waals surface area contributed by atoms with Crippen molar-refractivity contribution >= 4 is 5.82 Å². The molecule has 1 fully saturated rings. The van der Waals surface area contributed by atoms with Gasteiger partial charge in [0, 0.05) is 13.0 Å². The maximum absolute atomic E-state index is 9.40. The molecule has 0 aromatic carbocycles. The first-order valence-corrected chi connectivity index (χ1v) is 8.93. The molecule has 0 bridgehead atoms. The normalized spacial score (nSPS) is 22.3. The van der Waals surface area contributed by atoms with Gasteiger partial charge in [-0.3, -0.25) is 0 Å². The van der Waals surface area contributed by atoms with Gasteiger partial charge in [-0.2, -0.15) is 5.26 Å². The molecule has 2 unspecified atom stereocenters. The highest BCUT2D eigenvalue weighted by Crippen LogP contribution is 2.39. The molecule has 0 spiro atoms. The zero-order valence-electron chi connectivity index (χ0n) is 15.4. The van der Waals surface area contributed by atoms with Crippen LogP contribution in [0.2, 0.25) is 0 Å². The number of anilines is 1. The topological polar surface area (TPSA) is 71.3 Å². The van der Waals surface area contributed by atoms with E-state index in [2.05, 4.69) is 36.7 Å². The number of rotatable bonds is 2. The van der Waals surface area contributed by atoms with Crippen LogP contribution in [0.25, 0.3) is 0 Å². The molecular weight excluding hydrogens is 304 g/mol. The van der Waals surface area contributed by atoms with Gasteiger partial charge in [0.05, 0.1) is 36.9 Å². The van der Waals surface area contributed by atoms with Gasteiger partial charge in [-0.05, 0) is 5.92 Å². The predicted octanol–water partition coefficient (Wildman–Crippen LogP) is 2.93. The molecule has 6 nitrogen and oxygen atoms in total. The fourth-order valence-electron chi connectivity index (χ4n) is 3.01. The van der Waals surface area contributed by atoms with Crippen LogP contribution in [0.4, 0.5) is 5.82 Å². The lowest BCUT2D eigenvalue weighted by atomic mass is 9.99. The van der Waals surface area contributed by atoms with Crippen LogP contribution < -0.4 is 9.64 Å². The zero-order chi connectivity index (χ0) is 17.7. The second-order valence-electron chi connectivity index (χ2n) is 6.07. The molecule has 1 saturated heterocycles. The van der Waals surface area contributed by atoms with E-state index in [4.69, 9.17) is 14.5 Å². The maximum atomic E-state index is 9.40. The molecule has 0 radical (unpaired) electrons. The first-order valence-electron chi connectivity index (χ1n) is 8.93. The van der Waals surface area contributed by atoms with Crippen molar-refractivity contribution < 1.29 is 9.47 Å². The fourth-order valence-corrected chi connectivity index (χ4v) is 3.01. The number of nitriles is 1. The zero-order valence-corrected chi connectivity index (χ0v) is 15.4. The number of aryl methyl sites for hydroxylation is 1. The number of nitrogens with zero attached hydrogens (tertiary/aromatic N) is 4. The molecule has 1 aromatic heterocycles. The third-order valence-corrected chi connectivity index (χ3v) is 4.26. The van der Waals surface area contributed by atoms with Crippen LogP contribution in [0.15, 0.2) is 0 Å². The summed E-state index contributed by atoms with van der Waals surface area (Å²) in [4.78, 5) is 11.5. The van der Waals surface area contributed by atoms with Crippen molar-refractivity contribution in [2.24, 2.45) is 5.92 Å². The molecule has 3 heterocycles. The molecule has 1 aromatic rings. The highest BCUT2D eigenvalue weighted by Gasteiger charge is 2.38. The summed E-state index contributed by atoms with van der Waals surface area (Å²) >= 11 is 0. The molecule has 0 saturated carbocycles. The minimum absolute atomic E-state index is 0.000353. The third-order valence-electron chi connectivity index (χ3n) is 4.26. The largest absolute Gasteiger partial charge is 0.486 e. The molecular formula is C18H28N4O2. The van der Waals surface area contributed by atoms with Gasteiger partial charge in [-0.15, -0.1) is 0 Å². The standard InChI is InChI=1S/C16H22N4O2.C2H6/c1-4-13-18-14(10(2)3)15-16(19-13)20-5-6-21-8-11(7-17)12(20)9-22-15;1-2/h10-12H,4-6,8-9H2,1-3H3;1-2H3. The lowest BCUT2D eigenvalue weighted by Gasteiger charge is -2.38. The number of hydrogen-bond acceptors (Lipinski definition) is 6. The van der Waals surface area contributed by atoms with Crippen molar-refractivity contribution in [1.29, 1.82) is 5.26 Å². The highest BCUT2D eigenvalue weighted by molar-refractivity contribution is 5.58. The van der Waals surface area contributed by atoms with Crippen LogP contribution in [-0.2, 0) is 11.2 Å². The Bertz CT molecular complexity index is 597. The van der Waals surface area contributed by atoms with Crippen molar-refractivity contribution in [3.05, 3.63) is 11.5 Å². The molecule has 3 rings (SSSR count). The van der Waals surface area contributed by atoms with Gasteiger partial charge in [-0.25, -0.2) is 9.97 Å². The van der Waals surface area contributed by atoms with Gasteiger partial charge in [-0.1, -0.05) is 34.6 Å². The van der Waals surface area contributed by atoms with Crippen molar-refractivity contribution in [3.8, 4) is 11.8 Å². The average molecular weight is 332 g/mol. The Kier molecular flexibility index (Phi) is 6.38.